The lowest BCUT2D eigenvalue weighted by molar-refractivity contribution is -0.0876. The second kappa shape index (κ2) is 4.50. The lowest BCUT2D eigenvalue weighted by atomic mass is 9.94. The maximum atomic E-state index is 11.2. The summed E-state index contributed by atoms with van der Waals surface area (Å²) in [6.45, 7) is 2.48. The number of hydrogen-bond donors (Lipinski definition) is 1. The molecule has 1 N–H and O–H groups in total. The van der Waals surface area contributed by atoms with Crippen molar-refractivity contribution < 1.29 is 23.8 Å². The number of carbonyl (C=O) groups is 1. The van der Waals surface area contributed by atoms with Gasteiger partial charge in [0.1, 0.15) is 11.9 Å². The molecule has 1 aliphatic heterocycles. The highest BCUT2D eigenvalue weighted by Gasteiger charge is 2.40. The minimum atomic E-state index is -0.872. The Morgan fingerprint density at radius 1 is 1.59 bits per heavy atom. The maximum absolute atomic E-state index is 11.2. The number of furan rings is 1. The number of methoxy groups -OCH3 is 1. The van der Waals surface area contributed by atoms with Gasteiger partial charge in [0, 0.05) is 6.61 Å². The summed E-state index contributed by atoms with van der Waals surface area (Å²) < 4.78 is 15.3. The molecule has 1 fully saturated rings. The fourth-order valence-corrected chi connectivity index (χ4v) is 2.03. The van der Waals surface area contributed by atoms with E-state index in [4.69, 9.17) is 9.15 Å². The molecule has 0 aromatic carbocycles. The van der Waals surface area contributed by atoms with Crippen LogP contribution in [-0.2, 0) is 9.47 Å². The minimum Gasteiger partial charge on any atom is -0.463 e. The van der Waals surface area contributed by atoms with Crippen LogP contribution in [0.3, 0.4) is 0 Å². The van der Waals surface area contributed by atoms with E-state index in [-0.39, 0.29) is 5.76 Å². The van der Waals surface area contributed by atoms with Crippen LogP contribution in [0.4, 0.5) is 0 Å². The fraction of sp³-hybridized carbons (Fsp3) is 0.583. The molecule has 1 saturated heterocycles. The van der Waals surface area contributed by atoms with Crippen LogP contribution in [0.15, 0.2) is 16.5 Å². The molecule has 1 aromatic heterocycles. The van der Waals surface area contributed by atoms with Gasteiger partial charge in [-0.1, -0.05) is 0 Å². The van der Waals surface area contributed by atoms with Gasteiger partial charge in [0.25, 0.3) is 0 Å². The molecule has 1 aliphatic rings. The summed E-state index contributed by atoms with van der Waals surface area (Å²) >= 11 is 0. The average Bonchev–Trinajstić information content (AvgIpc) is 2.96. The van der Waals surface area contributed by atoms with E-state index in [1.165, 1.54) is 13.2 Å². The number of aliphatic hydroxyl groups excluding tert-OH is 1. The number of hydrogen-bond acceptors (Lipinski definition) is 5. The van der Waals surface area contributed by atoms with Crippen molar-refractivity contribution in [2.45, 2.75) is 31.5 Å². The van der Waals surface area contributed by atoms with Gasteiger partial charge in [0.05, 0.1) is 12.7 Å². The largest absolute Gasteiger partial charge is 0.463 e. The Morgan fingerprint density at radius 3 is 2.94 bits per heavy atom. The summed E-state index contributed by atoms with van der Waals surface area (Å²) in [6.07, 6.45) is 0.809. The zero-order chi connectivity index (χ0) is 12.5. The van der Waals surface area contributed by atoms with Crippen LogP contribution < -0.4 is 0 Å². The van der Waals surface area contributed by atoms with E-state index in [2.05, 4.69) is 4.74 Å². The van der Waals surface area contributed by atoms with Crippen LogP contribution in [0.25, 0.3) is 0 Å². The van der Waals surface area contributed by atoms with Gasteiger partial charge in [-0.25, -0.2) is 4.79 Å². The van der Waals surface area contributed by atoms with Crippen LogP contribution in [0.1, 0.15) is 42.2 Å². The van der Waals surface area contributed by atoms with Gasteiger partial charge < -0.3 is 19.0 Å². The fourth-order valence-electron chi connectivity index (χ4n) is 2.03. The van der Waals surface area contributed by atoms with Crippen molar-refractivity contribution in [2.24, 2.45) is 0 Å². The van der Waals surface area contributed by atoms with Crippen molar-refractivity contribution in [2.75, 3.05) is 13.7 Å². The lowest BCUT2D eigenvalue weighted by Crippen LogP contribution is -2.31. The first-order chi connectivity index (χ1) is 8.07. The second-order valence-corrected chi connectivity index (χ2v) is 4.36. The first kappa shape index (κ1) is 12.1. The molecule has 17 heavy (non-hydrogen) atoms. The standard InChI is InChI=1S/C12H16O5/c1-12(6-3-7-16-12)10(13)8-4-5-9(17-8)11(14)15-2/h4-5,10,13H,3,6-7H2,1-2H3. The first-order valence-corrected chi connectivity index (χ1v) is 5.57. The molecule has 0 bridgehead atoms. The average molecular weight is 240 g/mol. The molecule has 0 saturated carbocycles. The molecule has 94 valence electrons. The molecule has 0 amide bonds. The summed E-state index contributed by atoms with van der Waals surface area (Å²) in [6, 6.07) is 3.06. The minimum absolute atomic E-state index is 0.0862. The summed E-state index contributed by atoms with van der Waals surface area (Å²) in [7, 11) is 1.28. The van der Waals surface area contributed by atoms with Gasteiger partial charge in [0.2, 0.25) is 5.76 Å². The quantitative estimate of drug-likeness (QED) is 0.814. The van der Waals surface area contributed by atoms with Gasteiger partial charge in [-0.15, -0.1) is 0 Å². The Morgan fingerprint density at radius 2 is 2.35 bits per heavy atom. The Labute approximate surface area is 99.3 Å². The molecule has 0 radical (unpaired) electrons. The normalized spacial score (nSPS) is 25.8. The zero-order valence-corrected chi connectivity index (χ0v) is 9.93. The van der Waals surface area contributed by atoms with Crippen molar-refractivity contribution >= 4 is 5.97 Å². The number of carbonyl (C=O) groups excluding carboxylic acids is 1. The highest BCUT2D eigenvalue weighted by atomic mass is 16.5. The third-order valence-corrected chi connectivity index (χ3v) is 3.11. The highest BCUT2D eigenvalue weighted by Crippen LogP contribution is 2.37. The van der Waals surface area contributed by atoms with Crippen molar-refractivity contribution in [3.8, 4) is 0 Å². The van der Waals surface area contributed by atoms with Gasteiger partial charge in [-0.3, -0.25) is 0 Å². The molecule has 0 spiro atoms. The summed E-state index contributed by atoms with van der Waals surface area (Å²) in [5, 5.41) is 10.2. The van der Waals surface area contributed by atoms with Crippen molar-refractivity contribution in [3.63, 3.8) is 0 Å². The van der Waals surface area contributed by atoms with Crippen molar-refractivity contribution in [3.05, 3.63) is 23.7 Å². The predicted molar refractivity (Wildman–Crippen MR) is 58.6 cm³/mol. The van der Waals surface area contributed by atoms with E-state index in [9.17, 15) is 9.90 Å². The van der Waals surface area contributed by atoms with E-state index in [0.29, 0.717) is 12.4 Å². The topological polar surface area (TPSA) is 68.9 Å². The summed E-state index contributed by atoms with van der Waals surface area (Å²) in [5.74, 6) is -0.140. The van der Waals surface area contributed by atoms with Gasteiger partial charge in [-0.05, 0) is 31.9 Å². The Kier molecular flexibility index (Phi) is 3.22. The number of ether oxygens (including phenoxy) is 2. The zero-order valence-electron chi connectivity index (χ0n) is 9.93. The van der Waals surface area contributed by atoms with Gasteiger partial charge >= 0.3 is 5.97 Å². The first-order valence-electron chi connectivity index (χ1n) is 5.57. The lowest BCUT2D eigenvalue weighted by Gasteiger charge is -2.27. The molecule has 2 unspecified atom stereocenters. The number of esters is 1. The van der Waals surface area contributed by atoms with Crippen LogP contribution in [0.5, 0.6) is 0 Å². The molecule has 2 atom stereocenters. The van der Waals surface area contributed by atoms with Crippen LogP contribution in [0.2, 0.25) is 0 Å². The molecular formula is C12H16O5. The molecule has 1 aromatic rings. The molecule has 5 heteroatoms. The third-order valence-electron chi connectivity index (χ3n) is 3.11. The number of rotatable bonds is 3. The molecular weight excluding hydrogens is 224 g/mol. The summed E-state index contributed by atoms with van der Waals surface area (Å²) in [4.78, 5) is 11.2. The Balaban J connectivity index is 2.17. The van der Waals surface area contributed by atoms with Crippen LogP contribution in [-0.4, -0.2) is 30.4 Å². The van der Waals surface area contributed by atoms with Crippen molar-refractivity contribution in [1.82, 2.24) is 0 Å². The van der Waals surface area contributed by atoms with E-state index >= 15 is 0 Å². The predicted octanol–water partition coefficient (Wildman–Crippen LogP) is 1.67. The molecule has 2 rings (SSSR count). The van der Waals surface area contributed by atoms with Crippen LogP contribution >= 0.6 is 0 Å². The van der Waals surface area contributed by atoms with E-state index < -0.39 is 17.7 Å². The van der Waals surface area contributed by atoms with Gasteiger partial charge in [0.15, 0.2) is 0 Å². The highest BCUT2D eigenvalue weighted by molar-refractivity contribution is 5.86. The van der Waals surface area contributed by atoms with Crippen molar-refractivity contribution in [1.29, 1.82) is 0 Å². The Bertz CT molecular complexity index is 403. The molecule has 5 nitrogen and oxygen atoms in total. The maximum Gasteiger partial charge on any atom is 0.373 e. The van der Waals surface area contributed by atoms with Gasteiger partial charge in [-0.2, -0.15) is 0 Å². The molecule has 2 heterocycles. The Hall–Kier alpha value is -1.33. The monoisotopic (exact) mass is 240 g/mol. The van der Waals surface area contributed by atoms with Crippen LogP contribution in [0, 0.1) is 0 Å². The third kappa shape index (κ3) is 2.21. The van der Waals surface area contributed by atoms with E-state index in [1.807, 2.05) is 6.92 Å². The smallest absolute Gasteiger partial charge is 0.373 e. The second-order valence-electron chi connectivity index (χ2n) is 4.36. The number of aliphatic hydroxyl groups is 1. The van der Waals surface area contributed by atoms with E-state index in [0.717, 1.165) is 12.8 Å². The molecule has 0 aliphatic carbocycles. The SMILES string of the molecule is COC(=O)c1ccc(C(O)C2(C)CCCO2)o1. The van der Waals surface area contributed by atoms with E-state index in [1.54, 1.807) is 6.07 Å². The summed E-state index contributed by atoms with van der Waals surface area (Å²) in [5.41, 5.74) is -0.634.